The van der Waals surface area contributed by atoms with Gasteiger partial charge in [0.2, 0.25) is 5.91 Å². The van der Waals surface area contributed by atoms with E-state index in [4.69, 9.17) is 11.6 Å². The van der Waals surface area contributed by atoms with Crippen LogP contribution >= 0.6 is 11.6 Å². The van der Waals surface area contributed by atoms with Gasteiger partial charge in [-0.05, 0) is 0 Å². The molecule has 11 heavy (non-hydrogen) atoms. The van der Waals surface area contributed by atoms with Crippen molar-refractivity contribution >= 4 is 17.5 Å². The Balaban J connectivity index is 2.41. The minimum atomic E-state index is -2.46. The molecule has 0 aromatic rings. The van der Waals surface area contributed by atoms with Crippen LogP contribution in [0.4, 0.5) is 8.78 Å². The van der Waals surface area contributed by atoms with Gasteiger partial charge < -0.3 is 4.90 Å². The molecule has 1 fully saturated rings. The molecule has 0 aromatic carbocycles. The molecule has 1 rings (SSSR count). The molecule has 1 atom stereocenters. The van der Waals surface area contributed by atoms with Crippen LogP contribution in [0.5, 0.6) is 0 Å². The first kappa shape index (κ1) is 8.71. The maximum atomic E-state index is 11.8. The zero-order valence-electron chi connectivity index (χ0n) is 5.77. The zero-order valence-corrected chi connectivity index (χ0v) is 6.52. The fourth-order valence-electron chi connectivity index (χ4n) is 1.07. The summed E-state index contributed by atoms with van der Waals surface area (Å²) in [5.74, 6) is -0.273. The first-order chi connectivity index (χ1) is 5.09. The summed E-state index contributed by atoms with van der Waals surface area (Å²) in [6.45, 7) is -0.229. The van der Waals surface area contributed by atoms with Crippen LogP contribution in [-0.2, 0) is 4.79 Å². The first-order valence-electron chi connectivity index (χ1n) is 3.29. The highest BCUT2D eigenvalue weighted by atomic mass is 35.5. The Morgan fingerprint density at radius 3 is 2.73 bits per heavy atom. The summed E-state index contributed by atoms with van der Waals surface area (Å²) >= 11 is 5.58. The SMILES string of the molecule is O=C1CC(Cl)CN1CC(F)F. The van der Waals surface area contributed by atoms with Gasteiger partial charge in [0.15, 0.2) is 0 Å². The largest absolute Gasteiger partial charge is 0.335 e. The van der Waals surface area contributed by atoms with Crippen LogP contribution in [0.1, 0.15) is 6.42 Å². The van der Waals surface area contributed by atoms with Gasteiger partial charge in [-0.2, -0.15) is 0 Å². The number of nitrogens with zero attached hydrogens (tertiary/aromatic N) is 1. The van der Waals surface area contributed by atoms with Gasteiger partial charge in [-0.25, -0.2) is 8.78 Å². The summed E-state index contributed by atoms with van der Waals surface area (Å²) in [5.41, 5.74) is 0. The number of hydrogen-bond acceptors (Lipinski definition) is 1. The van der Waals surface area contributed by atoms with Crippen LogP contribution in [0.15, 0.2) is 0 Å². The lowest BCUT2D eigenvalue weighted by Crippen LogP contribution is -2.30. The van der Waals surface area contributed by atoms with E-state index in [0.717, 1.165) is 4.90 Å². The highest BCUT2D eigenvalue weighted by Crippen LogP contribution is 2.16. The van der Waals surface area contributed by atoms with Crippen molar-refractivity contribution in [2.24, 2.45) is 0 Å². The van der Waals surface area contributed by atoms with Gasteiger partial charge in [-0.3, -0.25) is 4.79 Å². The zero-order chi connectivity index (χ0) is 8.43. The smallest absolute Gasteiger partial charge is 0.255 e. The van der Waals surface area contributed by atoms with E-state index in [1.165, 1.54) is 0 Å². The van der Waals surface area contributed by atoms with Crippen molar-refractivity contribution in [3.05, 3.63) is 0 Å². The topological polar surface area (TPSA) is 20.3 Å². The van der Waals surface area contributed by atoms with Gasteiger partial charge in [0.1, 0.15) is 0 Å². The van der Waals surface area contributed by atoms with E-state index >= 15 is 0 Å². The summed E-state index contributed by atoms with van der Waals surface area (Å²) in [4.78, 5) is 11.9. The third-order valence-corrected chi connectivity index (χ3v) is 1.82. The number of halogens is 3. The Labute approximate surface area is 68.1 Å². The predicted octanol–water partition coefficient (Wildman–Crippen LogP) is 1.09. The van der Waals surface area contributed by atoms with Crippen LogP contribution in [0, 0.1) is 0 Å². The molecule has 0 saturated carbocycles. The van der Waals surface area contributed by atoms with Gasteiger partial charge >= 0.3 is 0 Å². The number of carbonyl (C=O) groups excluding carboxylic acids is 1. The van der Waals surface area contributed by atoms with Crippen molar-refractivity contribution in [3.8, 4) is 0 Å². The number of hydrogen-bond donors (Lipinski definition) is 0. The molecule has 2 nitrogen and oxygen atoms in total. The second-order valence-corrected chi connectivity index (χ2v) is 3.11. The standard InChI is InChI=1S/C6H8ClF2NO/c7-4-1-6(11)10(2-4)3-5(8)9/h4-5H,1-3H2. The van der Waals surface area contributed by atoms with Crippen molar-refractivity contribution in [2.75, 3.05) is 13.1 Å². The molecular weight excluding hydrogens is 176 g/mol. The molecule has 1 saturated heterocycles. The second kappa shape index (κ2) is 3.34. The lowest BCUT2D eigenvalue weighted by Gasteiger charge is -2.13. The molecule has 0 N–H and O–H groups in total. The van der Waals surface area contributed by atoms with Crippen molar-refractivity contribution in [1.82, 2.24) is 4.90 Å². The number of likely N-dealkylation sites (tertiary alicyclic amines) is 1. The minimum Gasteiger partial charge on any atom is -0.335 e. The summed E-state index contributed by atoms with van der Waals surface area (Å²) in [7, 11) is 0. The molecule has 0 radical (unpaired) electrons. The van der Waals surface area contributed by atoms with E-state index in [9.17, 15) is 13.6 Å². The minimum absolute atomic E-state index is 0.189. The van der Waals surface area contributed by atoms with E-state index in [2.05, 4.69) is 0 Å². The fourth-order valence-corrected chi connectivity index (χ4v) is 1.37. The van der Waals surface area contributed by atoms with Gasteiger partial charge in [0.05, 0.1) is 11.9 Å². The highest BCUT2D eigenvalue weighted by molar-refractivity contribution is 6.22. The van der Waals surface area contributed by atoms with Crippen LogP contribution in [0.2, 0.25) is 0 Å². The van der Waals surface area contributed by atoms with Gasteiger partial charge in [-0.15, -0.1) is 11.6 Å². The Bertz CT molecular complexity index is 165. The van der Waals surface area contributed by atoms with Gasteiger partial charge in [-0.1, -0.05) is 0 Å². The van der Waals surface area contributed by atoms with E-state index in [1.54, 1.807) is 0 Å². The van der Waals surface area contributed by atoms with Crippen molar-refractivity contribution in [3.63, 3.8) is 0 Å². The molecule has 0 spiro atoms. The molecule has 0 bridgehead atoms. The van der Waals surface area contributed by atoms with Gasteiger partial charge in [0, 0.05) is 13.0 Å². The van der Waals surface area contributed by atoms with E-state index in [0.29, 0.717) is 0 Å². The molecule has 0 aliphatic carbocycles. The lowest BCUT2D eigenvalue weighted by atomic mass is 10.4. The third-order valence-electron chi connectivity index (χ3n) is 1.53. The maximum absolute atomic E-state index is 11.8. The first-order valence-corrected chi connectivity index (χ1v) is 3.73. The molecule has 5 heteroatoms. The van der Waals surface area contributed by atoms with E-state index in [-0.39, 0.29) is 24.2 Å². The molecular formula is C6H8ClF2NO. The van der Waals surface area contributed by atoms with Crippen molar-refractivity contribution in [1.29, 1.82) is 0 Å². The summed E-state index contributed by atoms with van der Waals surface area (Å²) in [5, 5.41) is -0.291. The van der Waals surface area contributed by atoms with E-state index in [1.807, 2.05) is 0 Å². The maximum Gasteiger partial charge on any atom is 0.255 e. The third kappa shape index (κ3) is 2.29. The Kier molecular flexibility index (Phi) is 2.65. The number of amides is 1. The molecule has 1 amide bonds. The number of alkyl halides is 3. The van der Waals surface area contributed by atoms with Crippen LogP contribution in [0.25, 0.3) is 0 Å². The van der Waals surface area contributed by atoms with Crippen molar-refractivity contribution < 1.29 is 13.6 Å². The second-order valence-electron chi connectivity index (χ2n) is 2.49. The molecule has 1 aliphatic rings. The molecule has 1 aliphatic heterocycles. The summed E-state index contributed by atoms with van der Waals surface area (Å²) in [6, 6.07) is 0. The summed E-state index contributed by atoms with van der Waals surface area (Å²) in [6.07, 6.45) is -2.27. The lowest BCUT2D eigenvalue weighted by molar-refractivity contribution is -0.129. The van der Waals surface area contributed by atoms with Crippen LogP contribution in [0.3, 0.4) is 0 Å². The Hall–Kier alpha value is -0.380. The number of carbonyl (C=O) groups is 1. The summed E-state index contributed by atoms with van der Waals surface area (Å²) < 4.78 is 23.5. The Morgan fingerprint density at radius 1 is 1.73 bits per heavy atom. The normalized spacial score (nSPS) is 25.3. The van der Waals surface area contributed by atoms with Crippen molar-refractivity contribution in [2.45, 2.75) is 18.2 Å². The molecule has 0 aromatic heterocycles. The van der Waals surface area contributed by atoms with Crippen LogP contribution < -0.4 is 0 Å². The predicted molar refractivity (Wildman–Crippen MR) is 36.8 cm³/mol. The molecule has 1 unspecified atom stereocenters. The average Bonchev–Trinajstić information content (AvgIpc) is 2.09. The van der Waals surface area contributed by atoms with Gasteiger partial charge in [0.25, 0.3) is 6.43 Å². The number of rotatable bonds is 2. The average molecular weight is 184 g/mol. The highest BCUT2D eigenvalue weighted by Gasteiger charge is 2.29. The monoisotopic (exact) mass is 183 g/mol. The molecule has 64 valence electrons. The quantitative estimate of drug-likeness (QED) is 0.587. The fraction of sp³-hybridized carbons (Fsp3) is 0.833. The van der Waals surface area contributed by atoms with E-state index < -0.39 is 13.0 Å². The molecule has 1 heterocycles. The van der Waals surface area contributed by atoms with Crippen LogP contribution in [-0.4, -0.2) is 35.7 Å². The Morgan fingerprint density at radius 2 is 2.36 bits per heavy atom.